The molecular weight excluding hydrogens is 194 g/mol. The number of benzene rings is 1. The molecule has 0 aliphatic carbocycles. The van der Waals surface area contributed by atoms with E-state index in [1.54, 1.807) is 0 Å². The molecule has 1 nitrogen and oxygen atoms in total. The van der Waals surface area contributed by atoms with Crippen molar-refractivity contribution in [3.05, 3.63) is 41.0 Å². The van der Waals surface area contributed by atoms with E-state index in [0.717, 1.165) is 21.6 Å². The van der Waals surface area contributed by atoms with Crippen molar-refractivity contribution in [3.63, 3.8) is 0 Å². The minimum Gasteiger partial charge on any atom is -0.253 e. The van der Waals surface area contributed by atoms with Gasteiger partial charge in [0, 0.05) is 16.1 Å². The van der Waals surface area contributed by atoms with E-state index >= 15 is 0 Å². The smallest absolute Gasteiger partial charge is 0.0719 e. The lowest BCUT2D eigenvalue weighted by Gasteiger charge is -1.98. The number of fused-ring (bicyclic) bond motifs is 1. The van der Waals surface area contributed by atoms with Crippen LogP contribution in [0.15, 0.2) is 30.3 Å². The Bertz CT molecular complexity index is 387. The van der Waals surface area contributed by atoms with Crippen molar-refractivity contribution in [1.29, 1.82) is 0 Å². The highest BCUT2D eigenvalue weighted by atomic mass is 35.5. The van der Waals surface area contributed by atoms with Crippen LogP contribution in [-0.2, 0) is 0 Å². The molecule has 0 unspecified atom stereocenters. The highest BCUT2D eigenvalue weighted by Crippen LogP contribution is 2.17. The number of halogens is 1. The molecule has 1 aromatic heterocycles. The second-order valence-electron chi connectivity index (χ2n) is 2.79. The fourth-order valence-electron chi connectivity index (χ4n) is 1.19. The van der Waals surface area contributed by atoms with Crippen LogP contribution in [0.3, 0.4) is 0 Å². The van der Waals surface area contributed by atoms with Crippen LogP contribution < -0.4 is 0 Å². The summed E-state index contributed by atoms with van der Waals surface area (Å²) in [7, 11) is 0. The topological polar surface area (TPSA) is 12.9 Å². The standard InChI is InChI=1S/C10H8ClN.C2H6/c1-7-2-3-8-4-5-9(11)6-10(8)12-7;1-2/h2-6H,1H3;1-2H3. The summed E-state index contributed by atoms with van der Waals surface area (Å²) in [5, 5.41) is 1.87. The molecule has 14 heavy (non-hydrogen) atoms. The van der Waals surface area contributed by atoms with Crippen molar-refractivity contribution >= 4 is 22.5 Å². The largest absolute Gasteiger partial charge is 0.253 e. The number of pyridine rings is 1. The Morgan fingerprint density at radius 2 is 1.71 bits per heavy atom. The molecule has 0 saturated heterocycles. The van der Waals surface area contributed by atoms with Crippen LogP contribution in [0, 0.1) is 6.92 Å². The van der Waals surface area contributed by atoms with Gasteiger partial charge < -0.3 is 0 Å². The number of hydrogen-bond donors (Lipinski definition) is 0. The van der Waals surface area contributed by atoms with Crippen LogP contribution in [0.25, 0.3) is 10.9 Å². The third-order valence-corrected chi connectivity index (χ3v) is 2.03. The lowest BCUT2D eigenvalue weighted by Crippen LogP contribution is -1.81. The van der Waals surface area contributed by atoms with E-state index in [1.807, 2.05) is 51.1 Å². The first-order chi connectivity index (χ1) is 6.75. The number of aromatic nitrogens is 1. The van der Waals surface area contributed by atoms with Crippen molar-refractivity contribution in [2.24, 2.45) is 0 Å². The maximum absolute atomic E-state index is 5.83. The Hall–Kier alpha value is -1.08. The first kappa shape index (κ1) is 11.0. The fourth-order valence-corrected chi connectivity index (χ4v) is 1.36. The average Bonchev–Trinajstić information content (AvgIpc) is 2.20. The summed E-state index contributed by atoms with van der Waals surface area (Å²) < 4.78 is 0. The normalized spacial score (nSPS) is 9.43. The second kappa shape index (κ2) is 4.97. The van der Waals surface area contributed by atoms with Gasteiger partial charge in [0.05, 0.1) is 5.52 Å². The number of hydrogen-bond acceptors (Lipinski definition) is 1. The number of rotatable bonds is 0. The van der Waals surface area contributed by atoms with E-state index in [2.05, 4.69) is 4.98 Å². The van der Waals surface area contributed by atoms with Crippen LogP contribution in [0.1, 0.15) is 19.5 Å². The quantitative estimate of drug-likeness (QED) is 0.630. The SMILES string of the molecule is CC.Cc1ccc2ccc(Cl)cc2n1. The molecular formula is C12H14ClN. The summed E-state index contributed by atoms with van der Waals surface area (Å²) in [5.74, 6) is 0. The molecule has 1 aromatic carbocycles. The van der Waals surface area contributed by atoms with E-state index in [0.29, 0.717) is 0 Å². The predicted molar refractivity (Wildman–Crippen MR) is 62.8 cm³/mol. The van der Waals surface area contributed by atoms with Gasteiger partial charge in [-0.05, 0) is 25.1 Å². The Morgan fingerprint density at radius 1 is 1.07 bits per heavy atom. The molecule has 2 aromatic rings. The predicted octanol–water partition coefficient (Wildman–Crippen LogP) is 4.22. The van der Waals surface area contributed by atoms with Crippen LogP contribution in [-0.4, -0.2) is 4.98 Å². The maximum Gasteiger partial charge on any atom is 0.0719 e. The minimum atomic E-state index is 0.737. The molecule has 0 N–H and O–H groups in total. The van der Waals surface area contributed by atoms with Crippen LogP contribution in [0.4, 0.5) is 0 Å². The summed E-state index contributed by atoms with van der Waals surface area (Å²) >= 11 is 5.83. The fraction of sp³-hybridized carbons (Fsp3) is 0.250. The summed E-state index contributed by atoms with van der Waals surface area (Å²) in [6.45, 7) is 5.97. The van der Waals surface area contributed by atoms with Gasteiger partial charge in [0.25, 0.3) is 0 Å². The lowest BCUT2D eigenvalue weighted by molar-refractivity contribution is 1.26. The van der Waals surface area contributed by atoms with Crippen molar-refractivity contribution < 1.29 is 0 Å². The number of nitrogens with zero attached hydrogens (tertiary/aromatic N) is 1. The van der Waals surface area contributed by atoms with E-state index in [-0.39, 0.29) is 0 Å². The molecule has 0 fully saturated rings. The zero-order valence-corrected chi connectivity index (χ0v) is 9.47. The first-order valence-corrected chi connectivity index (χ1v) is 5.16. The highest BCUT2D eigenvalue weighted by molar-refractivity contribution is 6.31. The lowest BCUT2D eigenvalue weighted by atomic mass is 10.2. The third-order valence-electron chi connectivity index (χ3n) is 1.79. The zero-order valence-electron chi connectivity index (χ0n) is 8.71. The monoisotopic (exact) mass is 207 g/mol. The van der Waals surface area contributed by atoms with Gasteiger partial charge in [-0.3, -0.25) is 4.98 Å². The summed E-state index contributed by atoms with van der Waals surface area (Å²) in [5.41, 5.74) is 1.98. The van der Waals surface area contributed by atoms with Crippen LogP contribution in [0.2, 0.25) is 5.02 Å². The zero-order chi connectivity index (χ0) is 10.6. The summed E-state index contributed by atoms with van der Waals surface area (Å²) in [6.07, 6.45) is 0. The van der Waals surface area contributed by atoms with Gasteiger partial charge in [-0.2, -0.15) is 0 Å². The molecule has 0 aliphatic rings. The highest BCUT2D eigenvalue weighted by Gasteiger charge is 1.95. The van der Waals surface area contributed by atoms with E-state index in [1.165, 1.54) is 0 Å². The van der Waals surface area contributed by atoms with Crippen molar-refractivity contribution in [3.8, 4) is 0 Å². The van der Waals surface area contributed by atoms with Gasteiger partial charge in [0.15, 0.2) is 0 Å². The molecule has 0 amide bonds. The molecule has 0 radical (unpaired) electrons. The Morgan fingerprint density at radius 3 is 2.43 bits per heavy atom. The maximum atomic E-state index is 5.83. The minimum absolute atomic E-state index is 0.737. The van der Waals surface area contributed by atoms with Gasteiger partial charge in [-0.15, -0.1) is 0 Å². The molecule has 0 aliphatic heterocycles. The van der Waals surface area contributed by atoms with Gasteiger partial charge in [-0.25, -0.2) is 0 Å². The van der Waals surface area contributed by atoms with Gasteiger partial charge in [0.2, 0.25) is 0 Å². The first-order valence-electron chi connectivity index (χ1n) is 4.78. The second-order valence-corrected chi connectivity index (χ2v) is 3.23. The molecule has 0 spiro atoms. The van der Waals surface area contributed by atoms with Gasteiger partial charge >= 0.3 is 0 Å². The summed E-state index contributed by atoms with van der Waals surface area (Å²) in [6, 6.07) is 9.78. The molecule has 1 heterocycles. The molecule has 74 valence electrons. The molecule has 0 bridgehead atoms. The van der Waals surface area contributed by atoms with Crippen LogP contribution >= 0.6 is 11.6 Å². The molecule has 0 saturated carbocycles. The molecule has 2 rings (SSSR count). The molecule has 2 heteroatoms. The Kier molecular flexibility index (Phi) is 3.90. The molecule has 0 atom stereocenters. The van der Waals surface area contributed by atoms with Crippen molar-refractivity contribution in [2.45, 2.75) is 20.8 Å². The third kappa shape index (κ3) is 2.46. The van der Waals surface area contributed by atoms with Gasteiger partial charge in [-0.1, -0.05) is 37.6 Å². The van der Waals surface area contributed by atoms with Crippen LogP contribution in [0.5, 0.6) is 0 Å². The van der Waals surface area contributed by atoms with E-state index in [4.69, 9.17) is 11.6 Å². The van der Waals surface area contributed by atoms with Crippen molar-refractivity contribution in [1.82, 2.24) is 4.98 Å². The van der Waals surface area contributed by atoms with E-state index in [9.17, 15) is 0 Å². The Labute approximate surface area is 89.7 Å². The number of aryl methyl sites for hydroxylation is 1. The van der Waals surface area contributed by atoms with Gasteiger partial charge in [0.1, 0.15) is 0 Å². The van der Waals surface area contributed by atoms with E-state index < -0.39 is 0 Å². The van der Waals surface area contributed by atoms with Crippen molar-refractivity contribution in [2.75, 3.05) is 0 Å². The summed E-state index contributed by atoms with van der Waals surface area (Å²) in [4.78, 5) is 4.35. The Balaban J connectivity index is 0.000000461. The average molecular weight is 208 g/mol.